The van der Waals surface area contributed by atoms with Crippen LogP contribution in [-0.2, 0) is 10.8 Å². The molecule has 18 rings (SSSR count). The fourth-order valence-electron chi connectivity index (χ4n) is 15.5. The van der Waals surface area contributed by atoms with E-state index in [9.17, 15) is 0 Å². The minimum absolute atomic E-state index is 0.0498. The van der Waals surface area contributed by atoms with Gasteiger partial charge < -0.3 is 23.2 Å². The molecule has 0 bridgehead atoms. The first-order valence-corrected chi connectivity index (χ1v) is 33.5. The van der Waals surface area contributed by atoms with Gasteiger partial charge in [-0.1, -0.05) is 231 Å². The maximum absolute atomic E-state index is 7.08. The van der Waals surface area contributed by atoms with Crippen LogP contribution in [0.5, 0.6) is 0 Å². The van der Waals surface area contributed by atoms with Gasteiger partial charge in [0.2, 0.25) is 0 Å². The summed E-state index contributed by atoms with van der Waals surface area (Å²) in [6, 6.07) is 102. The molecule has 456 valence electrons. The lowest BCUT2D eigenvalue weighted by Gasteiger charge is -2.45. The van der Waals surface area contributed by atoms with E-state index in [0.29, 0.717) is 5.92 Å². The average Bonchev–Trinajstić information content (AvgIpc) is 1.35. The molecule has 5 nitrogen and oxygen atoms in total. The second kappa shape index (κ2) is 21.2. The fourth-order valence-corrected chi connectivity index (χ4v) is 15.5. The molecule has 0 N–H and O–H groups in total. The maximum Gasteiger partial charge on any atom is 0.252 e. The summed E-state index contributed by atoms with van der Waals surface area (Å²) in [5, 5.41) is 6.76. The zero-order valence-corrected chi connectivity index (χ0v) is 54.8. The van der Waals surface area contributed by atoms with Crippen molar-refractivity contribution in [2.24, 2.45) is 0 Å². The zero-order chi connectivity index (χ0) is 64.2. The van der Waals surface area contributed by atoms with Gasteiger partial charge in [0, 0.05) is 50.0 Å². The second-order valence-corrected chi connectivity index (χ2v) is 28.7. The number of anilines is 6. The van der Waals surface area contributed by atoms with Gasteiger partial charge in [0.1, 0.15) is 22.3 Å². The molecule has 95 heavy (non-hydrogen) atoms. The second-order valence-electron chi connectivity index (χ2n) is 28.7. The molecular formula is C89H70BN3O2. The molecular weight excluding hydrogens is 1150 g/mol. The van der Waals surface area contributed by atoms with Gasteiger partial charge in [0.05, 0.1) is 33.2 Å². The van der Waals surface area contributed by atoms with Crippen molar-refractivity contribution < 1.29 is 8.83 Å². The van der Waals surface area contributed by atoms with E-state index in [4.69, 9.17) is 8.83 Å². The number of hydrogen-bond donors (Lipinski definition) is 0. The van der Waals surface area contributed by atoms with Crippen molar-refractivity contribution in [2.75, 3.05) is 9.80 Å². The molecule has 2 aliphatic rings. The van der Waals surface area contributed by atoms with Gasteiger partial charge in [-0.3, -0.25) is 0 Å². The first kappa shape index (κ1) is 56.7. The molecule has 16 aromatic rings. The van der Waals surface area contributed by atoms with E-state index >= 15 is 0 Å². The third-order valence-electron chi connectivity index (χ3n) is 20.4. The van der Waals surface area contributed by atoms with Gasteiger partial charge in [-0.05, 0) is 191 Å². The third-order valence-corrected chi connectivity index (χ3v) is 20.4. The lowest BCUT2D eigenvalue weighted by Crippen LogP contribution is -2.61. The van der Waals surface area contributed by atoms with Crippen LogP contribution in [0.1, 0.15) is 78.0 Å². The molecule has 0 saturated heterocycles. The van der Waals surface area contributed by atoms with Crippen molar-refractivity contribution in [1.29, 1.82) is 0 Å². The Hall–Kier alpha value is -11.1. The van der Waals surface area contributed by atoms with Gasteiger partial charge >= 0.3 is 0 Å². The van der Waals surface area contributed by atoms with Crippen LogP contribution in [0.15, 0.2) is 282 Å². The lowest BCUT2D eigenvalue weighted by atomic mass is 9.33. The predicted molar refractivity (Wildman–Crippen MR) is 403 cm³/mol. The number of nitrogens with zero attached hydrogens (tertiary/aromatic N) is 3. The molecule has 0 unspecified atom stereocenters. The molecule has 0 saturated carbocycles. The van der Waals surface area contributed by atoms with Gasteiger partial charge in [-0.2, -0.15) is 0 Å². The Kier molecular flexibility index (Phi) is 12.7. The van der Waals surface area contributed by atoms with E-state index in [-0.39, 0.29) is 17.5 Å². The van der Waals surface area contributed by atoms with Gasteiger partial charge in [-0.25, -0.2) is 0 Å². The van der Waals surface area contributed by atoms with Gasteiger partial charge in [0.25, 0.3) is 6.71 Å². The maximum atomic E-state index is 7.08. The molecule has 13 aromatic carbocycles. The summed E-state index contributed by atoms with van der Waals surface area (Å²) < 4.78 is 16.7. The summed E-state index contributed by atoms with van der Waals surface area (Å²) in [5.41, 5.74) is 29.7. The Bertz CT molecular complexity index is 5690. The van der Waals surface area contributed by atoms with Crippen molar-refractivity contribution in [3.63, 3.8) is 0 Å². The fraction of sp³-hybridized carbons (Fsp3) is 0.124. The van der Waals surface area contributed by atoms with E-state index in [1.165, 1.54) is 54.9 Å². The van der Waals surface area contributed by atoms with E-state index in [2.05, 4.69) is 343 Å². The molecule has 3 aromatic heterocycles. The molecule has 6 heteroatoms. The first-order valence-electron chi connectivity index (χ1n) is 33.5. The Labute approximate surface area is 554 Å². The van der Waals surface area contributed by atoms with Crippen molar-refractivity contribution in [3.05, 3.63) is 290 Å². The SMILES string of the molecule is CC(C)c1ccc(-c2cc3c4c(c2)N(c2cc(-c5ccccc5)cc5oc6ccccc6c25)c2ccc(-n5c6ccc(C(C)(C)C)cc6c6cc(C(C)(C)C)ccc65)cc2B4c2cc(-c4ccccc4)ccc2N3c2cc(-c3ccccc3)cc3oc4ccccc4c23)cc1. The van der Waals surface area contributed by atoms with Crippen LogP contribution in [0.4, 0.5) is 34.1 Å². The number of furan rings is 2. The molecule has 0 atom stereocenters. The minimum Gasteiger partial charge on any atom is -0.456 e. The highest BCUT2D eigenvalue weighted by Gasteiger charge is 2.45. The molecule has 0 amide bonds. The number of fused-ring (bicyclic) bond motifs is 13. The molecule has 2 aliphatic heterocycles. The normalized spacial score (nSPS) is 13.1. The topological polar surface area (TPSA) is 37.7 Å². The van der Waals surface area contributed by atoms with Crippen molar-refractivity contribution in [3.8, 4) is 50.2 Å². The van der Waals surface area contributed by atoms with E-state index in [1.54, 1.807) is 0 Å². The van der Waals surface area contributed by atoms with Gasteiger partial charge in [0.15, 0.2) is 0 Å². The van der Waals surface area contributed by atoms with Crippen LogP contribution in [0.2, 0.25) is 0 Å². The largest absolute Gasteiger partial charge is 0.456 e. The van der Waals surface area contributed by atoms with Crippen molar-refractivity contribution in [1.82, 2.24) is 4.57 Å². The van der Waals surface area contributed by atoms with Crippen LogP contribution < -0.4 is 26.2 Å². The van der Waals surface area contributed by atoms with Crippen LogP contribution in [-0.4, -0.2) is 11.3 Å². The molecule has 0 fully saturated rings. The van der Waals surface area contributed by atoms with Crippen LogP contribution in [0.25, 0.3) is 116 Å². The monoisotopic (exact) mass is 1220 g/mol. The Morgan fingerprint density at radius 3 is 1.21 bits per heavy atom. The third kappa shape index (κ3) is 9.05. The molecule has 0 aliphatic carbocycles. The summed E-state index contributed by atoms with van der Waals surface area (Å²) >= 11 is 0. The average molecular weight is 1220 g/mol. The molecule has 0 radical (unpaired) electrons. The summed E-state index contributed by atoms with van der Waals surface area (Å²) in [6.07, 6.45) is 0. The summed E-state index contributed by atoms with van der Waals surface area (Å²) in [5.74, 6) is 0.372. The Balaban J connectivity index is 1.01. The van der Waals surface area contributed by atoms with Crippen molar-refractivity contribution >= 4 is 123 Å². The van der Waals surface area contributed by atoms with Crippen LogP contribution in [0, 0.1) is 0 Å². The number of benzene rings is 13. The minimum atomic E-state index is -0.269. The summed E-state index contributed by atoms with van der Waals surface area (Å²) in [6.45, 7) is 18.2. The highest BCUT2D eigenvalue weighted by atomic mass is 16.3. The van der Waals surface area contributed by atoms with Crippen molar-refractivity contribution in [2.45, 2.75) is 72.1 Å². The van der Waals surface area contributed by atoms with E-state index < -0.39 is 0 Å². The summed E-state index contributed by atoms with van der Waals surface area (Å²) in [4.78, 5) is 5.21. The quantitative estimate of drug-likeness (QED) is 0.142. The Morgan fingerprint density at radius 1 is 0.316 bits per heavy atom. The molecule has 5 heterocycles. The summed E-state index contributed by atoms with van der Waals surface area (Å²) in [7, 11) is 0. The standard InChI is InChI=1S/C89H70BN3O2/c1-54(2)55-32-34-59(35-33-55)61-47-79-87-80(48-61)93(78-46-63(58-26-16-11-17-27-58)50-84-86(78)68-29-19-21-31-82(68)95-84)76-43-39-66(91-73-41-37-64(88(3,4)5)51-69(73)70-52-65(89(6,7)8)38-42-74(70)91)53-72(76)90(87)71-44-60(56-22-12-9-13-23-56)36-40-75(71)92(79)77-45-62(57-24-14-10-15-25-57)49-83-85(77)67-28-18-20-30-81(67)94-83/h9-54H,1-8H3. The van der Waals surface area contributed by atoms with E-state index in [1.807, 2.05) is 0 Å². The number of rotatable bonds is 8. The highest BCUT2D eigenvalue weighted by Crippen LogP contribution is 2.53. The van der Waals surface area contributed by atoms with Crippen LogP contribution >= 0.6 is 0 Å². The predicted octanol–water partition coefficient (Wildman–Crippen LogP) is 23.1. The highest BCUT2D eigenvalue weighted by molar-refractivity contribution is 7.00. The Morgan fingerprint density at radius 2 is 0.726 bits per heavy atom. The van der Waals surface area contributed by atoms with Gasteiger partial charge in [-0.15, -0.1) is 0 Å². The smallest absolute Gasteiger partial charge is 0.252 e. The number of para-hydroxylation sites is 2. The number of hydrogen-bond acceptors (Lipinski definition) is 4. The zero-order valence-electron chi connectivity index (χ0n) is 54.8. The first-order chi connectivity index (χ1) is 46.2. The lowest BCUT2D eigenvalue weighted by molar-refractivity contribution is 0.590. The molecule has 0 spiro atoms. The van der Waals surface area contributed by atoms with E-state index in [0.717, 1.165) is 128 Å². The van der Waals surface area contributed by atoms with Crippen LogP contribution in [0.3, 0.4) is 0 Å². The number of aromatic nitrogens is 1.